The lowest BCUT2D eigenvalue weighted by Gasteiger charge is -2.10. The van der Waals surface area contributed by atoms with Crippen LogP contribution >= 0.6 is 15.9 Å². The van der Waals surface area contributed by atoms with Crippen molar-refractivity contribution in [3.8, 4) is 0 Å². The van der Waals surface area contributed by atoms with Crippen LogP contribution in [0.5, 0.6) is 0 Å². The number of nitrogens with one attached hydrogen (secondary N) is 1. The van der Waals surface area contributed by atoms with Crippen molar-refractivity contribution in [3.05, 3.63) is 52.3 Å². The number of aromatic nitrogens is 1. The van der Waals surface area contributed by atoms with E-state index in [4.69, 9.17) is 5.73 Å². The Balaban J connectivity index is 2.10. The number of nitrogen functional groups attached to an aromatic ring is 1. The van der Waals surface area contributed by atoms with E-state index in [1.165, 1.54) is 11.1 Å². The van der Waals surface area contributed by atoms with Gasteiger partial charge in [-0.05, 0) is 28.4 Å². The fourth-order valence-corrected chi connectivity index (χ4v) is 2.02. The summed E-state index contributed by atoms with van der Waals surface area (Å²) < 4.78 is 0.879. The molecule has 0 aliphatic rings. The molecule has 1 aromatic heterocycles. The first-order chi connectivity index (χ1) is 8.16. The fourth-order valence-electron chi connectivity index (χ4n) is 1.53. The highest BCUT2D eigenvalue weighted by molar-refractivity contribution is 9.10. The van der Waals surface area contributed by atoms with E-state index in [0.717, 1.165) is 16.7 Å². The summed E-state index contributed by atoms with van der Waals surface area (Å²) in [6.07, 6.45) is 3.37. The second kappa shape index (κ2) is 5.19. The summed E-state index contributed by atoms with van der Waals surface area (Å²) in [5, 5.41) is 3.31. The molecule has 88 valence electrons. The van der Waals surface area contributed by atoms with Crippen molar-refractivity contribution in [2.75, 3.05) is 11.1 Å². The first kappa shape index (κ1) is 11.9. The maximum Gasteiger partial charge on any atom is 0.0752 e. The molecule has 0 bridgehead atoms. The number of hydrogen-bond donors (Lipinski definition) is 2. The van der Waals surface area contributed by atoms with Gasteiger partial charge in [-0.15, -0.1) is 0 Å². The molecule has 0 aliphatic carbocycles. The third kappa shape index (κ3) is 2.97. The smallest absolute Gasteiger partial charge is 0.0752 e. The maximum absolute atomic E-state index is 5.85. The Kier molecular flexibility index (Phi) is 3.64. The zero-order chi connectivity index (χ0) is 12.3. The van der Waals surface area contributed by atoms with Crippen molar-refractivity contribution in [2.45, 2.75) is 13.5 Å². The normalized spacial score (nSPS) is 10.2. The summed E-state index contributed by atoms with van der Waals surface area (Å²) >= 11 is 3.43. The van der Waals surface area contributed by atoms with E-state index in [0.29, 0.717) is 5.69 Å². The Morgan fingerprint density at radius 2 is 1.94 bits per heavy atom. The third-order valence-electron chi connectivity index (χ3n) is 2.52. The van der Waals surface area contributed by atoms with Gasteiger partial charge in [0, 0.05) is 12.7 Å². The average Bonchev–Trinajstić information content (AvgIpc) is 2.31. The SMILES string of the molecule is Cc1ccc(CNc2c(N)cncc2Br)cc1. The molecule has 17 heavy (non-hydrogen) atoms. The van der Waals surface area contributed by atoms with E-state index >= 15 is 0 Å². The monoisotopic (exact) mass is 291 g/mol. The number of nitrogens with zero attached hydrogens (tertiary/aromatic N) is 1. The molecule has 4 heteroatoms. The van der Waals surface area contributed by atoms with Gasteiger partial charge in [-0.1, -0.05) is 29.8 Å². The molecule has 1 aromatic carbocycles. The highest BCUT2D eigenvalue weighted by Gasteiger charge is 2.03. The summed E-state index contributed by atoms with van der Waals surface area (Å²) in [7, 11) is 0. The first-order valence-electron chi connectivity index (χ1n) is 5.35. The van der Waals surface area contributed by atoms with Crippen LogP contribution in [0.1, 0.15) is 11.1 Å². The lowest BCUT2D eigenvalue weighted by Crippen LogP contribution is -2.03. The maximum atomic E-state index is 5.85. The summed E-state index contributed by atoms with van der Waals surface area (Å²) in [6, 6.07) is 8.41. The molecule has 0 aliphatic heterocycles. The molecule has 0 spiro atoms. The third-order valence-corrected chi connectivity index (χ3v) is 3.12. The number of hydrogen-bond acceptors (Lipinski definition) is 3. The van der Waals surface area contributed by atoms with Gasteiger partial charge in [-0.2, -0.15) is 0 Å². The van der Waals surface area contributed by atoms with Gasteiger partial charge in [0.1, 0.15) is 0 Å². The molecule has 3 N–H and O–H groups in total. The highest BCUT2D eigenvalue weighted by atomic mass is 79.9. The number of halogens is 1. The zero-order valence-electron chi connectivity index (χ0n) is 9.57. The standard InChI is InChI=1S/C13H14BrN3/c1-9-2-4-10(5-3-9)6-17-13-11(14)7-16-8-12(13)15/h2-5,7-8H,6,15H2,1H3,(H,16,17). The number of rotatable bonds is 3. The van der Waals surface area contributed by atoms with Gasteiger partial charge in [0.2, 0.25) is 0 Å². The summed E-state index contributed by atoms with van der Waals surface area (Å²) in [6.45, 7) is 2.82. The van der Waals surface area contributed by atoms with Crippen LogP contribution < -0.4 is 11.1 Å². The highest BCUT2D eigenvalue weighted by Crippen LogP contribution is 2.27. The molecule has 0 atom stereocenters. The molecular weight excluding hydrogens is 278 g/mol. The quantitative estimate of drug-likeness (QED) is 0.912. The van der Waals surface area contributed by atoms with Crippen molar-refractivity contribution < 1.29 is 0 Å². The van der Waals surface area contributed by atoms with Gasteiger partial charge >= 0.3 is 0 Å². The molecule has 0 saturated carbocycles. The van der Waals surface area contributed by atoms with Crippen LogP contribution in [0, 0.1) is 6.92 Å². The van der Waals surface area contributed by atoms with Crippen molar-refractivity contribution >= 4 is 27.3 Å². The number of benzene rings is 1. The Bertz CT molecular complexity index is 488. The topological polar surface area (TPSA) is 50.9 Å². The van der Waals surface area contributed by atoms with Crippen LogP contribution in [0.25, 0.3) is 0 Å². The van der Waals surface area contributed by atoms with Gasteiger partial charge in [0.15, 0.2) is 0 Å². The van der Waals surface area contributed by atoms with Crippen molar-refractivity contribution in [1.82, 2.24) is 4.98 Å². The minimum Gasteiger partial charge on any atom is -0.396 e. The molecule has 0 saturated heterocycles. The summed E-state index contributed by atoms with van der Waals surface area (Å²) in [5.41, 5.74) is 9.87. The van der Waals surface area contributed by atoms with Crippen LogP contribution in [-0.4, -0.2) is 4.98 Å². The van der Waals surface area contributed by atoms with Crippen molar-refractivity contribution in [3.63, 3.8) is 0 Å². The van der Waals surface area contributed by atoms with Crippen LogP contribution in [0.15, 0.2) is 41.1 Å². The van der Waals surface area contributed by atoms with Gasteiger partial charge < -0.3 is 11.1 Å². The molecule has 1 heterocycles. The number of pyridine rings is 1. The molecule has 2 aromatic rings. The van der Waals surface area contributed by atoms with Crippen LogP contribution in [0.4, 0.5) is 11.4 Å². The van der Waals surface area contributed by atoms with Crippen LogP contribution in [-0.2, 0) is 6.54 Å². The van der Waals surface area contributed by atoms with Gasteiger partial charge in [-0.3, -0.25) is 4.98 Å². The van der Waals surface area contributed by atoms with E-state index < -0.39 is 0 Å². The number of anilines is 2. The molecular formula is C13H14BrN3. The van der Waals surface area contributed by atoms with E-state index in [1.807, 2.05) is 0 Å². The fraction of sp³-hybridized carbons (Fsp3) is 0.154. The lowest BCUT2D eigenvalue weighted by atomic mass is 10.1. The Hall–Kier alpha value is -1.55. The Morgan fingerprint density at radius 1 is 1.24 bits per heavy atom. The molecule has 2 rings (SSSR count). The molecule has 0 amide bonds. The number of aryl methyl sites for hydroxylation is 1. The largest absolute Gasteiger partial charge is 0.396 e. The van der Waals surface area contributed by atoms with Crippen LogP contribution in [0.3, 0.4) is 0 Å². The van der Waals surface area contributed by atoms with Crippen LogP contribution in [0.2, 0.25) is 0 Å². The predicted molar refractivity (Wildman–Crippen MR) is 74.9 cm³/mol. The second-order valence-electron chi connectivity index (χ2n) is 3.92. The molecule has 0 unspecified atom stereocenters. The van der Waals surface area contributed by atoms with E-state index in [2.05, 4.69) is 57.4 Å². The first-order valence-corrected chi connectivity index (χ1v) is 6.14. The number of nitrogens with two attached hydrogens (primary N) is 1. The molecule has 0 radical (unpaired) electrons. The van der Waals surface area contributed by atoms with E-state index in [9.17, 15) is 0 Å². The average molecular weight is 292 g/mol. The second-order valence-corrected chi connectivity index (χ2v) is 4.78. The summed E-state index contributed by atoms with van der Waals surface area (Å²) in [4.78, 5) is 4.00. The van der Waals surface area contributed by atoms with Gasteiger partial charge in [0.05, 0.1) is 22.0 Å². The minimum absolute atomic E-state index is 0.645. The van der Waals surface area contributed by atoms with Gasteiger partial charge in [0.25, 0.3) is 0 Å². The zero-order valence-corrected chi connectivity index (χ0v) is 11.2. The molecule has 3 nitrogen and oxygen atoms in total. The van der Waals surface area contributed by atoms with Crippen molar-refractivity contribution in [1.29, 1.82) is 0 Å². The summed E-state index contributed by atoms with van der Waals surface area (Å²) in [5.74, 6) is 0. The predicted octanol–water partition coefficient (Wildman–Crippen LogP) is 3.35. The van der Waals surface area contributed by atoms with Gasteiger partial charge in [-0.25, -0.2) is 0 Å². The lowest BCUT2D eigenvalue weighted by molar-refractivity contribution is 1.13. The Labute approximate surface area is 109 Å². The minimum atomic E-state index is 0.645. The Morgan fingerprint density at radius 3 is 2.59 bits per heavy atom. The van der Waals surface area contributed by atoms with Crippen molar-refractivity contribution in [2.24, 2.45) is 0 Å². The van der Waals surface area contributed by atoms with E-state index in [-0.39, 0.29) is 0 Å². The molecule has 0 fully saturated rings. The van der Waals surface area contributed by atoms with E-state index in [1.54, 1.807) is 12.4 Å².